The molecule has 0 radical (unpaired) electrons. The van der Waals surface area contributed by atoms with Gasteiger partial charge in [0, 0.05) is 12.9 Å². The topological polar surface area (TPSA) is 113 Å². The standard InChI is InChI=1S/C6H4N2O6S2/c7-8-5-3-4(12-13-14-15)1-2-6(5)16(9,10)11/h1-3H,(H-,9,10,11,15). The Hall–Kier alpha value is -1.38. The summed E-state index contributed by atoms with van der Waals surface area (Å²) in [7, 11) is -4.73. The van der Waals surface area contributed by atoms with Gasteiger partial charge in [-0.25, -0.2) is 8.42 Å². The van der Waals surface area contributed by atoms with E-state index in [1.54, 1.807) is 0 Å². The maximum atomic E-state index is 10.7. The van der Waals surface area contributed by atoms with E-state index in [9.17, 15) is 13.0 Å². The van der Waals surface area contributed by atoms with Gasteiger partial charge in [-0.1, -0.05) is 0 Å². The molecule has 0 aromatic heterocycles. The zero-order chi connectivity index (χ0) is 12.2. The van der Waals surface area contributed by atoms with Crippen LogP contribution in [0.2, 0.25) is 0 Å². The van der Waals surface area contributed by atoms with E-state index in [1.165, 1.54) is 0 Å². The molecule has 10 heteroatoms. The van der Waals surface area contributed by atoms with Crippen molar-refractivity contribution in [3.63, 3.8) is 0 Å². The van der Waals surface area contributed by atoms with Crippen LogP contribution in [0.25, 0.3) is 4.98 Å². The van der Waals surface area contributed by atoms with Gasteiger partial charge in [-0.2, -0.15) is 0 Å². The first-order valence-corrected chi connectivity index (χ1v) is 5.36. The molecule has 0 aliphatic carbocycles. The molecule has 1 aromatic carbocycles. The van der Waals surface area contributed by atoms with Crippen LogP contribution in [0.5, 0.6) is 5.75 Å². The average Bonchev–Trinajstić information content (AvgIpc) is 2.24. The molecule has 0 aliphatic rings. The zero-order valence-electron chi connectivity index (χ0n) is 7.43. The SMILES string of the molecule is N#[N+]c1cc(OOOS)ccc1S(=O)(=O)[O-]. The molecule has 0 fully saturated rings. The summed E-state index contributed by atoms with van der Waals surface area (Å²) in [5.41, 5.74) is -0.477. The molecule has 16 heavy (non-hydrogen) atoms. The number of rotatable bonds is 4. The highest BCUT2D eigenvalue weighted by molar-refractivity contribution is 7.86. The number of diazo groups is 1. The molecule has 0 N–H and O–H groups in total. The molecule has 0 bridgehead atoms. The first-order chi connectivity index (χ1) is 7.49. The molecule has 0 heterocycles. The molecular formula is C6H4N2O6S2. The van der Waals surface area contributed by atoms with Gasteiger partial charge in [0.05, 0.1) is 6.07 Å². The highest BCUT2D eigenvalue weighted by Gasteiger charge is 2.20. The minimum atomic E-state index is -4.73. The maximum Gasteiger partial charge on any atom is 0.406 e. The lowest BCUT2D eigenvalue weighted by molar-refractivity contribution is -0.402. The van der Waals surface area contributed by atoms with Gasteiger partial charge in [0.2, 0.25) is 5.39 Å². The van der Waals surface area contributed by atoms with Crippen molar-refractivity contribution < 1.29 is 27.2 Å². The molecule has 0 aliphatic heterocycles. The maximum absolute atomic E-state index is 10.7. The van der Waals surface area contributed by atoms with Gasteiger partial charge < -0.3 is 9.44 Å². The fourth-order valence-electron chi connectivity index (χ4n) is 0.893. The van der Waals surface area contributed by atoms with E-state index < -0.39 is 20.7 Å². The number of hydrogen-bond acceptors (Lipinski definition) is 8. The van der Waals surface area contributed by atoms with Gasteiger partial charge in [-0.15, -0.1) is 4.33 Å². The fourth-order valence-corrected chi connectivity index (χ4v) is 1.51. The van der Waals surface area contributed by atoms with Crippen molar-refractivity contribution in [2.24, 2.45) is 0 Å². The van der Waals surface area contributed by atoms with Crippen molar-refractivity contribution in [3.8, 4) is 5.75 Å². The van der Waals surface area contributed by atoms with E-state index in [4.69, 9.17) is 5.39 Å². The molecule has 8 nitrogen and oxygen atoms in total. The normalized spacial score (nSPS) is 10.8. The van der Waals surface area contributed by atoms with Crippen LogP contribution in [0, 0.1) is 5.39 Å². The van der Waals surface area contributed by atoms with Crippen molar-refractivity contribution in [2.75, 3.05) is 0 Å². The molecule has 0 unspecified atom stereocenters. The van der Waals surface area contributed by atoms with Gasteiger partial charge in [0.25, 0.3) is 0 Å². The molecule has 0 saturated carbocycles. The quantitative estimate of drug-likeness (QED) is 0.217. The Morgan fingerprint density at radius 3 is 2.62 bits per heavy atom. The van der Waals surface area contributed by atoms with E-state index in [-0.39, 0.29) is 5.75 Å². The third-order valence-corrected chi connectivity index (χ3v) is 2.41. The average molecular weight is 264 g/mol. The summed E-state index contributed by atoms with van der Waals surface area (Å²) in [5.74, 6) is -0.0470. The first-order valence-electron chi connectivity index (χ1n) is 3.59. The monoisotopic (exact) mass is 264 g/mol. The van der Waals surface area contributed by atoms with Gasteiger partial charge in [-0.3, -0.25) is 0 Å². The van der Waals surface area contributed by atoms with Crippen molar-refractivity contribution in [1.82, 2.24) is 0 Å². The molecule has 1 rings (SSSR count). The predicted octanol–water partition coefficient (Wildman–Crippen LogP) is 1.16. The van der Waals surface area contributed by atoms with Crippen LogP contribution in [0.3, 0.4) is 0 Å². The first kappa shape index (κ1) is 12.7. The van der Waals surface area contributed by atoms with Crippen molar-refractivity contribution in [1.29, 1.82) is 5.39 Å². The van der Waals surface area contributed by atoms with Crippen molar-refractivity contribution in [2.45, 2.75) is 4.90 Å². The molecule has 0 saturated heterocycles. The van der Waals surface area contributed by atoms with E-state index in [0.717, 1.165) is 18.2 Å². The van der Waals surface area contributed by atoms with Crippen LogP contribution in [-0.4, -0.2) is 13.0 Å². The summed E-state index contributed by atoms with van der Waals surface area (Å²) >= 11 is 3.20. The Labute approximate surface area is 95.6 Å². The van der Waals surface area contributed by atoms with Crippen molar-refractivity contribution >= 4 is 28.7 Å². The minimum Gasteiger partial charge on any atom is -0.744 e. The number of hydrogen-bond donors (Lipinski definition) is 1. The number of benzene rings is 1. The van der Waals surface area contributed by atoms with Crippen LogP contribution < -0.4 is 4.89 Å². The van der Waals surface area contributed by atoms with E-state index >= 15 is 0 Å². The summed E-state index contributed by atoms with van der Waals surface area (Å²) in [5, 5.41) is 12.5. The molecule has 86 valence electrons. The Kier molecular flexibility index (Phi) is 4.05. The van der Waals surface area contributed by atoms with Gasteiger partial charge >= 0.3 is 5.69 Å². The highest BCUT2D eigenvalue weighted by Crippen LogP contribution is 2.28. The summed E-state index contributed by atoms with van der Waals surface area (Å²) < 4.78 is 35.9. The number of nitrogens with zero attached hydrogens (tertiary/aromatic N) is 2. The molecule has 0 spiro atoms. The van der Waals surface area contributed by atoms with Gasteiger partial charge in [0.1, 0.15) is 15.0 Å². The Balaban J connectivity index is 3.14. The largest absolute Gasteiger partial charge is 0.744 e. The van der Waals surface area contributed by atoms with Crippen LogP contribution >= 0.6 is 12.9 Å². The molecular weight excluding hydrogens is 260 g/mol. The molecule has 0 atom stereocenters. The van der Waals surface area contributed by atoms with Gasteiger partial charge in [0.15, 0.2) is 10.7 Å². The minimum absolute atomic E-state index is 0.0470. The smallest absolute Gasteiger partial charge is 0.406 e. The number of thiol groups is 1. The summed E-state index contributed by atoms with van der Waals surface area (Å²) in [6.07, 6.45) is 0. The molecule has 1 aromatic rings. The second-order valence-corrected chi connectivity index (χ2v) is 3.91. The van der Waals surface area contributed by atoms with Crippen LogP contribution in [-0.2, 0) is 19.5 Å². The van der Waals surface area contributed by atoms with E-state index in [2.05, 4.69) is 32.1 Å². The summed E-state index contributed by atoms with van der Waals surface area (Å²) in [6.45, 7) is 0. The third-order valence-electron chi connectivity index (χ3n) is 1.47. The Morgan fingerprint density at radius 2 is 2.12 bits per heavy atom. The Bertz CT molecular complexity index is 522. The zero-order valence-corrected chi connectivity index (χ0v) is 9.14. The van der Waals surface area contributed by atoms with Crippen LogP contribution in [0.15, 0.2) is 23.1 Å². The summed E-state index contributed by atoms with van der Waals surface area (Å²) in [6, 6.07) is 2.96. The second-order valence-electron chi connectivity index (χ2n) is 2.41. The van der Waals surface area contributed by atoms with Gasteiger partial charge in [-0.05, 0) is 17.2 Å². The fraction of sp³-hybridized carbons (Fsp3) is 0. The highest BCUT2D eigenvalue weighted by atomic mass is 32.2. The summed E-state index contributed by atoms with van der Waals surface area (Å²) in [4.78, 5) is 6.34. The van der Waals surface area contributed by atoms with Crippen molar-refractivity contribution in [3.05, 3.63) is 23.2 Å². The lowest BCUT2D eigenvalue weighted by atomic mass is 10.3. The molecule has 0 amide bonds. The second kappa shape index (κ2) is 5.10. The van der Waals surface area contributed by atoms with Crippen LogP contribution in [0.4, 0.5) is 5.69 Å². The lowest BCUT2D eigenvalue weighted by Crippen LogP contribution is -1.99. The predicted molar refractivity (Wildman–Crippen MR) is 50.9 cm³/mol. The lowest BCUT2D eigenvalue weighted by Gasteiger charge is -2.04. The van der Waals surface area contributed by atoms with Crippen LogP contribution in [0.1, 0.15) is 0 Å². The van der Waals surface area contributed by atoms with E-state index in [1.807, 2.05) is 0 Å². The Morgan fingerprint density at radius 1 is 1.44 bits per heavy atom. The third kappa shape index (κ3) is 3.05. The van der Waals surface area contributed by atoms with E-state index in [0.29, 0.717) is 0 Å².